The Balaban J connectivity index is 1.93. The van der Waals surface area contributed by atoms with E-state index in [2.05, 4.69) is 19.2 Å². The SMILES string of the molecule is CC(C)OCC12CCCC1CCN2. The average Bonchev–Trinajstić information content (AvgIpc) is 2.57. The van der Waals surface area contributed by atoms with E-state index in [4.69, 9.17) is 4.74 Å². The van der Waals surface area contributed by atoms with Gasteiger partial charge in [-0.15, -0.1) is 0 Å². The molecule has 2 nitrogen and oxygen atoms in total. The molecule has 0 aromatic heterocycles. The minimum Gasteiger partial charge on any atom is -0.377 e. The van der Waals surface area contributed by atoms with Gasteiger partial charge in [-0.05, 0) is 45.6 Å². The molecule has 2 unspecified atom stereocenters. The molecular weight excluding hydrogens is 162 g/mol. The number of hydrogen-bond donors (Lipinski definition) is 1. The summed E-state index contributed by atoms with van der Waals surface area (Å²) >= 11 is 0. The Bertz CT molecular complexity index is 169. The fraction of sp³-hybridized carbons (Fsp3) is 1.00. The second-order valence-corrected chi connectivity index (χ2v) is 4.82. The summed E-state index contributed by atoms with van der Waals surface area (Å²) in [4.78, 5) is 0. The third-order valence-electron chi connectivity index (χ3n) is 3.60. The van der Waals surface area contributed by atoms with Crippen molar-refractivity contribution in [2.24, 2.45) is 5.92 Å². The topological polar surface area (TPSA) is 21.3 Å². The second-order valence-electron chi connectivity index (χ2n) is 4.82. The fourth-order valence-electron chi connectivity index (χ4n) is 2.85. The van der Waals surface area contributed by atoms with Crippen molar-refractivity contribution in [3.8, 4) is 0 Å². The summed E-state index contributed by atoms with van der Waals surface area (Å²) in [6.45, 7) is 6.37. The highest BCUT2D eigenvalue weighted by Gasteiger charge is 2.46. The Hall–Kier alpha value is -0.0800. The summed E-state index contributed by atoms with van der Waals surface area (Å²) < 4.78 is 5.77. The van der Waals surface area contributed by atoms with Crippen molar-refractivity contribution in [2.45, 2.75) is 51.2 Å². The summed E-state index contributed by atoms with van der Waals surface area (Å²) in [7, 11) is 0. The first-order valence-electron chi connectivity index (χ1n) is 5.59. The van der Waals surface area contributed by atoms with Gasteiger partial charge >= 0.3 is 0 Å². The standard InChI is InChI=1S/C11H21NO/c1-9(2)13-8-11-6-3-4-10(11)5-7-12-11/h9-10,12H,3-8H2,1-2H3. The Morgan fingerprint density at radius 3 is 3.08 bits per heavy atom. The number of ether oxygens (including phenoxy) is 1. The number of nitrogens with one attached hydrogen (secondary N) is 1. The van der Waals surface area contributed by atoms with Crippen LogP contribution in [0.15, 0.2) is 0 Å². The van der Waals surface area contributed by atoms with Crippen LogP contribution < -0.4 is 5.32 Å². The highest BCUT2D eigenvalue weighted by molar-refractivity contribution is 5.03. The highest BCUT2D eigenvalue weighted by Crippen LogP contribution is 2.41. The second kappa shape index (κ2) is 3.58. The van der Waals surface area contributed by atoms with Gasteiger partial charge in [0, 0.05) is 5.54 Å². The smallest absolute Gasteiger partial charge is 0.0654 e. The Morgan fingerprint density at radius 2 is 2.31 bits per heavy atom. The van der Waals surface area contributed by atoms with E-state index in [0.29, 0.717) is 11.6 Å². The zero-order valence-corrected chi connectivity index (χ0v) is 8.81. The van der Waals surface area contributed by atoms with Crippen LogP contribution in [0, 0.1) is 5.92 Å². The van der Waals surface area contributed by atoms with Crippen LogP contribution in [-0.4, -0.2) is 24.8 Å². The van der Waals surface area contributed by atoms with Crippen molar-refractivity contribution in [3.05, 3.63) is 0 Å². The summed E-state index contributed by atoms with van der Waals surface area (Å²) in [6, 6.07) is 0. The van der Waals surface area contributed by atoms with Crippen molar-refractivity contribution < 1.29 is 4.74 Å². The van der Waals surface area contributed by atoms with Gasteiger partial charge in [-0.3, -0.25) is 0 Å². The Kier molecular flexibility index (Phi) is 2.61. The van der Waals surface area contributed by atoms with E-state index in [0.717, 1.165) is 12.5 Å². The molecule has 2 heteroatoms. The third kappa shape index (κ3) is 1.75. The minimum absolute atomic E-state index is 0.365. The van der Waals surface area contributed by atoms with E-state index in [1.165, 1.54) is 32.2 Å². The van der Waals surface area contributed by atoms with Gasteiger partial charge in [0.2, 0.25) is 0 Å². The van der Waals surface area contributed by atoms with Gasteiger partial charge in [-0.25, -0.2) is 0 Å². The lowest BCUT2D eigenvalue weighted by Crippen LogP contribution is -2.46. The number of hydrogen-bond acceptors (Lipinski definition) is 2. The molecule has 0 amide bonds. The number of fused-ring (bicyclic) bond motifs is 1. The van der Waals surface area contributed by atoms with Crippen molar-refractivity contribution >= 4 is 0 Å². The quantitative estimate of drug-likeness (QED) is 0.722. The molecule has 1 N–H and O–H groups in total. The first-order chi connectivity index (χ1) is 6.23. The molecule has 1 heterocycles. The highest BCUT2D eigenvalue weighted by atomic mass is 16.5. The normalized spacial score (nSPS) is 38.5. The zero-order valence-electron chi connectivity index (χ0n) is 8.81. The molecule has 1 aliphatic heterocycles. The summed E-state index contributed by atoms with van der Waals surface area (Å²) in [6.07, 6.45) is 5.86. The van der Waals surface area contributed by atoms with E-state index < -0.39 is 0 Å². The predicted octanol–water partition coefficient (Wildman–Crippen LogP) is 1.94. The maximum Gasteiger partial charge on any atom is 0.0654 e. The van der Waals surface area contributed by atoms with Gasteiger partial charge in [0.05, 0.1) is 12.7 Å². The van der Waals surface area contributed by atoms with Gasteiger partial charge in [-0.2, -0.15) is 0 Å². The van der Waals surface area contributed by atoms with Crippen molar-refractivity contribution in [1.29, 1.82) is 0 Å². The molecule has 0 radical (unpaired) electrons. The third-order valence-corrected chi connectivity index (χ3v) is 3.60. The van der Waals surface area contributed by atoms with Crippen LogP contribution in [0.25, 0.3) is 0 Å². The van der Waals surface area contributed by atoms with Gasteiger partial charge in [0.25, 0.3) is 0 Å². The van der Waals surface area contributed by atoms with Gasteiger partial charge in [-0.1, -0.05) is 6.42 Å². The van der Waals surface area contributed by atoms with Crippen LogP contribution >= 0.6 is 0 Å². The molecular formula is C11H21NO. The molecule has 1 saturated heterocycles. The molecule has 0 aromatic rings. The average molecular weight is 183 g/mol. The minimum atomic E-state index is 0.365. The summed E-state index contributed by atoms with van der Waals surface area (Å²) in [5.41, 5.74) is 0.365. The van der Waals surface area contributed by atoms with Crippen LogP contribution in [0.4, 0.5) is 0 Å². The van der Waals surface area contributed by atoms with E-state index in [1.54, 1.807) is 0 Å². The summed E-state index contributed by atoms with van der Waals surface area (Å²) in [5.74, 6) is 0.895. The molecule has 0 bridgehead atoms. The lowest BCUT2D eigenvalue weighted by atomic mass is 9.90. The molecule has 2 aliphatic rings. The predicted molar refractivity (Wildman–Crippen MR) is 53.8 cm³/mol. The van der Waals surface area contributed by atoms with Crippen LogP contribution in [-0.2, 0) is 4.74 Å². The molecule has 2 atom stereocenters. The molecule has 1 saturated carbocycles. The molecule has 2 fully saturated rings. The van der Waals surface area contributed by atoms with E-state index >= 15 is 0 Å². The first-order valence-corrected chi connectivity index (χ1v) is 5.59. The van der Waals surface area contributed by atoms with Crippen molar-refractivity contribution in [3.63, 3.8) is 0 Å². The van der Waals surface area contributed by atoms with Crippen molar-refractivity contribution in [1.82, 2.24) is 5.32 Å². The van der Waals surface area contributed by atoms with E-state index in [1.807, 2.05) is 0 Å². The Labute approximate surface area is 81.0 Å². The number of rotatable bonds is 3. The van der Waals surface area contributed by atoms with Crippen LogP contribution in [0.2, 0.25) is 0 Å². The maximum atomic E-state index is 5.77. The van der Waals surface area contributed by atoms with Crippen LogP contribution in [0.1, 0.15) is 39.5 Å². The van der Waals surface area contributed by atoms with Crippen LogP contribution in [0.3, 0.4) is 0 Å². The van der Waals surface area contributed by atoms with E-state index in [9.17, 15) is 0 Å². The van der Waals surface area contributed by atoms with Gasteiger partial charge < -0.3 is 10.1 Å². The van der Waals surface area contributed by atoms with Gasteiger partial charge in [0.15, 0.2) is 0 Å². The Morgan fingerprint density at radius 1 is 1.46 bits per heavy atom. The summed E-state index contributed by atoms with van der Waals surface area (Å²) in [5, 5.41) is 3.66. The van der Waals surface area contributed by atoms with Gasteiger partial charge in [0.1, 0.15) is 0 Å². The molecule has 1 aliphatic carbocycles. The lowest BCUT2D eigenvalue weighted by molar-refractivity contribution is 0.0256. The van der Waals surface area contributed by atoms with Crippen molar-refractivity contribution in [2.75, 3.05) is 13.2 Å². The first kappa shape index (κ1) is 9.47. The largest absolute Gasteiger partial charge is 0.377 e. The molecule has 2 rings (SSSR count). The monoisotopic (exact) mass is 183 g/mol. The lowest BCUT2D eigenvalue weighted by Gasteiger charge is -2.30. The molecule has 0 spiro atoms. The van der Waals surface area contributed by atoms with Crippen LogP contribution in [0.5, 0.6) is 0 Å². The molecule has 13 heavy (non-hydrogen) atoms. The molecule has 76 valence electrons. The zero-order chi connectivity index (χ0) is 9.31. The molecule has 0 aromatic carbocycles. The fourth-order valence-corrected chi connectivity index (χ4v) is 2.85. The van der Waals surface area contributed by atoms with E-state index in [-0.39, 0.29) is 0 Å². The maximum absolute atomic E-state index is 5.77.